The van der Waals surface area contributed by atoms with Crippen LogP contribution in [0.1, 0.15) is 25.3 Å². The topological polar surface area (TPSA) is 52.3 Å². The van der Waals surface area contributed by atoms with E-state index >= 15 is 0 Å². The number of nitrogen functional groups attached to an aromatic ring is 1. The van der Waals surface area contributed by atoms with E-state index in [0.717, 1.165) is 10.0 Å². The molecule has 15 heavy (non-hydrogen) atoms. The third kappa shape index (κ3) is 2.96. The molecule has 3 nitrogen and oxygen atoms in total. The lowest BCUT2D eigenvalue weighted by atomic mass is 10.00. The number of anilines is 1. The Morgan fingerprint density at radius 3 is 2.80 bits per heavy atom. The van der Waals surface area contributed by atoms with Gasteiger partial charge in [0.15, 0.2) is 0 Å². The maximum absolute atomic E-state index is 11.5. The summed E-state index contributed by atoms with van der Waals surface area (Å²) >= 11 is 3.32. The fourth-order valence-electron chi connectivity index (χ4n) is 1.33. The van der Waals surface area contributed by atoms with E-state index in [1.165, 1.54) is 0 Å². The molecule has 4 heteroatoms. The molecule has 1 unspecified atom stereocenters. The van der Waals surface area contributed by atoms with Crippen molar-refractivity contribution in [3.63, 3.8) is 0 Å². The standard InChI is InChI=1S/C11H14BrNO2/c1-3-15-11(14)7(2)9-5-4-8(12)6-10(9)13/h4-7H,3,13H2,1-2H3. The molecular weight excluding hydrogens is 258 g/mol. The monoisotopic (exact) mass is 271 g/mol. The van der Waals surface area contributed by atoms with E-state index in [0.29, 0.717) is 12.3 Å². The molecule has 2 N–H and O–H groups in total. The molecule has 1 aromatic rings. The minimum Gasteiger partial charge on any atom is -0.466 e. The molecular formula is C11H14BrNO2. The van der Waals surface area contributed by atoms with Crippen LogP contribution >= 0.6 is 15.9 Å². The highest BCUT2D eigenvalue weighted by Crippen LogP contribution is 2.26. The Hall–Kier alpha value is -1.03. The third-order valence-electron chi connectivity index (χ3n) is 2.16. The minimum atomic E-state index is -0.321. The largest absolute Gasteiger partial charge is 0.466 e. The smallest absolute Gasteiger partial charge is 0.313 e. The summed E-state index contributed by atoms with van der Waals surface area (Å²) in [4.78, 5) is 11.5. The number of carbonyl (C=O) groups is 1. The lowest BCUT2D eigenvalue weighted by Gasteiger charge is -2.13. The van der Waals surface area contributed by atoms with E-state index in [1.807, 2.05) is 12.1 Å². The van der Waals surface area contributed by atoms with Gasteiger partial charge in [-0.05, 0) is 31.5 Å². The quantitative estimate of drug-likeness (QED) is 0.680. The highest BCUT2D eigenvalue weighted by atomic mass is 79.9. The average Bonchev–Trinajstić information content (AvgIpc) is 2.17. The van der Waals surface area contributed by atoms with Crippen LogP contribution < -0.4 is 5.73 Å². The minimum absolute atomic E-state index is 0.244. The molecule has 0 saturated carbocycles. The second kappa shape index (κ2) is 5.16. The first-order valence-corrected chi connectivity index (χ1v) is 5.57. The van der Waals surface area contributed by atoms with E-state index in [4.69, 9.17) is 10.5 Å². The van der Waals surface area contributed by atoms with Crippen LogP contribution in [0.3, 0.4) is 0 Å². The molecule has 0 radical (unpaired) electrons. The summed E-state index contributed by atoms with van der Waals surface area (Å²) in [6.45, 7) is 3.97. The van der Waals surface area contributed by atoms with Gasteiger partial charge in [0.25, 0.3) is 0 Å². The van der Waals surface area contributed by atoms with E-state index in [2.05, 4.69) is 15.9 Å². The predicted molar refractivity (Wildman–Crippen MR) is 63.6 cm³/mol. The van der Waals surface area contributed by atoms with Crippen LogP contribution in [0.5, 0.6) is 0 Å². The first-order valence-electron chi connectivity index (χ1n) is 4.77. The summed E-state index contributed by atoms with van der Waals surface area (Å²) < 4.78 is 5.84. The van der Waals surface area contributed by atoms with Gasteiger partial charge in [0.2, 0.25) is 0 Å². The zero-order chi connectivity index (χ0) is 11.4. The van der Waals surface area contributed by atoms with Crippen LogP contribution in [0, 0.1) is 0 Å². The second-order valence-corrected chi connectivity index (χ2v) is 4.16. The molecule has 0 aliphatic carbocycles. The van der Waals surface area contributed by atoms with Gasteiger partial charge >= 0.3 is 5.97 Å². The van der Waals surface area contributed by atoms with Gasteiger partial charge in [-0.1, -0.05) is 22.0 Å². The summed E-state index contributed by atoms with van der Waals surface area (Å²) in [5.41, 5.74) is 7.22. The van der Waals surface area contributed by atoms with Crippen molar-refractivity contribution < 1.29 is 9.53 Å². The SMILES string of the molecule is CCOC(=O)C(C)c1ccc(Br)cc1N. The van der Waals surface area contributed by atoms with Crippen molar-refractivity contribution >= 4 is 27.6 Å². The fraction of sp³-hybridized carbons (Fsp3) is 0.364. The van der Waals surface area contributed by atoms with Crippen LogP contribution in [0.15, 0.2) is 22.7 Å². The number of esters is 1. The van der Waals surface area contributed by atoms with Crippen molar-refractivity contribution in [3.05, 3.63) is 28.2 Å². The highest BCUT2D eigenvalue weighted by Gasteiger charge is 2.18. The summed E-state index contributed by atoms with van der Waals surface area (Å²) in [5.74, 6) is -0.565. The van der Waals surface area contributed by atoms with Crippen LogP contribution in [0.2, 0.25) is 0 Å². The number of nitrogens with two attached hydrogens (primary N) is 1. The molecule has 82 valence electrons. The number of benzene rings is 1. The van der Waals surface area contributed by atoms with Crippen molar-refractivity contribution in [2.45, 2.75) is 19.8 Å². The van der Waals surface area contributed by atoms with Crippen LogP contribution in [-0.2, 0) is 9.53 Å². The first kappa shape index (κ1) is 12.0. The van der Waals surface area contributed by atoms with Gasteiger partial charge < -0.3 is 10.5 Å². The van der Waals surface area contributed by atoms with Gasteiger partial charge in [-0.25, -0.2) is 0 Å². The third-order valence-corrected chi connectivity index (χ3v) is 2.65. The summed E-state index contributed by atoms with van der Waals surface area (Å²) in [7, 11) is 0. The van der Waals surface area contributed by atoms with Gasteiger partial charge in [0, 0.05) is 10.2 Å². The van der Waals surface area contributed by atoms with E-state index in [1.54, 1.807) is 19.9 Å². The van der Waals surface area contributed by atoms with Crippen LogP contribution in [-0.4, -0.2) is 12.6 Å². The summed E-state index contributed by atoms with van der Waals surface area (Å²) in [6, 6.07) is 5.48. The normalized spacial score (nSPS) is 12.2. The molecule has 1 atom stereocenters. The van der Waals surface area contributed by atoms with Crippen molar-refractivity contribution in [2.75, 3.05) is 12.3 Å². The van der Waals surface area contributed by atoms with Crippen molar-refractivity contribution in [3.8, 4) is 0 Å². The molecule has 0 saturated heterocycles. The zero-order valence-corrected chi connectivity index (χ0v) is 10.4. The number of hydrogen-bond donors (Lipinski definition) is 1. The van der Waals surface area contributed by atoms with Crippen LogP contribution in [0.25, 0.3) is 0 Å². The molecule has 1 rings (SSSR count). The zero-order valence-electron chi connectivity index (χ0n) is 8.79. The van der Waals surface area contributed by atoms with Crippen molar-refractivity contribution in [2.24, 2.45) is 0 Å². The van der Waals surface area contributed by atoms with Crippen molar-refractivity contribution in [1.82, 2.24) is 0 Å². The molecule has 0 spiro atoms. The number of halogens is 1. The average molecular weight is 272 g/mol. The molecule has 0 aromatic heterocycles. The summed E-state index contributed by atoms with van der Waals surface area (Å²) in [6.07, 6.45) is 0. The molecule has 0 aliphatic rings. The van der Waals surface area contributed by atoms with E-state index in [-0.39, 0.29) is 11.9 Å². The Kier molecular flexibility index (Phi) is 4.15. The highest BCUT2D eigenvalue weighted by molar-refractivity contribution is 9.10. The maximum atomic E-state index is 11.5. The molecule has 0 heterocycles. The lowest BCUT2D eigenvalue weighted by Crippen LogP contribution is -2.14. The molecule has 0 aliphatic heterocycles. The van der Waals surface area contributed by atoms with E-state index in [9.17, 15) is 4.79 Å². The molecule has 0 amide bonds. The Labute approximate surface area is 97.7 Å². The Morgan fingerprint density at radius 1 is 1.60 bits per heavy atom. The molecule has 0 bridgehead atoms. The first-order chi connectivity index (χ1) is 7.06. The van der Waals surface area contributed by atoms with Crippen molar-refractivity contribution in [1.29, 1.82) is 0 Å². The van der Waals surface area contributed by atoms with Gasteiger partial charge in [0.1, 0.15) is 0 Å². The van der Waals surface area contributed by atoms with Gasteiger partial charge in [0.05, 0.1) is 12.5 Å². The van der Waals surface area contributed by atoms with Gasteiger partial charge in [-0.3, -0.25) is 4.79 Å². The number of carbonyl (C=O) groups excluding carboxylic acids is 1. The Bertz CT molecular complexity index is 366. The maximum Gasteiger partial charge on any atom is 0.313 e. The van der Waals surface area contributed by atoms with E-state index < -0.39 is 0 Å². The lowest BCUT2D eigenvalue weighted by molar-refractivity contribution is -0.144. The fourth-order valence-corrected chi connectivity index (χ4v) is 1.71. The van der Waals surface area contributed by atoms with Crippen LogP contribution in [0.4, 0.5) is 5.69 Å². The number of rotatable bonds is 3. The Morgan fingerprint density at radius 2 is 2.27 bits per heavy atom. The summed E-state index contributed by atoms with van der Waals surface area (Å²) in [5, 5.41) is 0. The van der Waals surface area contributed by atoms with Gasteiger partial charge in [-0.15, -0.1) is 0 Å². The predicted octanol–water partition coefficient (Wildman–Crippen LogP) is 2.70. The van der Waals surface area contributed by atoms with Gasteiger partial charge in [-0.2, -0.15) is 0 Å². The molecule has 0 fully saturated rings. The Balaban J connectivity index is 2.91. The molecule has 1 aromatic carbocycles. The number of hydrogen-bond acceptors (Lipinski definition) is 3. The number of ether oxygens (including phenoxy) is 1. The second-order valence-electron chi connectivity index (χ2n) is 3.25.